The van der Waals surface area contributed by atoms with Crippen molar-refractivity contribution in [3.8, 4) is 0 Å². The second kappa shape index (κ2) is 6.73. The van der Waals surface area contributed by atoms with Gasteiger partial charge in [0.25, 0.3) is 0 Å². The molecule has 1 fully saturated rings. The first-order valence-electron chi connectivity index (χ1n) is 8.36. The Morgan fingerprint density at radius 3 is 2.15 bits per heavy atom. The standard InChI is InChI=1S/C18H28N2/c19-13-17-7-3-4-8-18(17)14-20-11-9-15-5-1-2-6-16(15)10-12-20/h1-2,5-6,17-18H,3-4,7-14,19H2. The summed E-state index contributed by atoms with van der Waals surface area (Å²) in [6.07, 6.45) is 7.99. The molecule has 20 heavy (non-hydrogen) atoms. The van der Waals surface area contributed by atoms with Crippen molar-refractivity contribution in [3.05, 3.63) is 35.4 Å². The van der Waals surface area contributed by atoms with Crippen LogP contribution in [-0.4, -0.2) is 31.1 Å². The highest BCUT2D eigenvalue weighted by molar-refractivity contribution is 5.28. The van der Waals surface area contributed by atoms with Gasteiger partial charge in [-0.25, -0.2) is 0 Å². The van der Waals surface area contributed by atoms with Crippen LogP contribution in [0.4, 0.5) is 0 Å². The van der Waals surface area contributed by atoms with Crippen LogP contribution in [0.25, 0.3) is 0 Å². The summed E-state index contributed by atoms with van der Waals surface area (Å²) >= 11 is 0. The summed E-state index contributed by atoms with van der Waals surface area (Å²) in [4.78, 5) is 2.69. The van der Waals surface area contributed by atoms with Gasteiger partial charge in [0.05, 0.1) is 0 Å². The lowest BCUT2D eigenvalue weighted by molar-refractivity contribution is 0.158. The Morgan fingerprint density at radius 2 is 1.55 bits per heavy atom. The monoisotopic (exact) mass is 272 g/mol. The van der Waals surface area contributed by atoms with Crippen molar-refractivity contribution in [2.45, 2.75) is 38.5 Å². The van der Waals surface area contributed by atoms with Gasteiger partial charge < -0.3 is 10.6 Å². The molecule has 1 aromatic rings. The van der Waals surface area contributed by atoms with E-state index < -0.39 is 0 Å². The van der Waals surface area contributed by atoms with Gasteiger partial charge in [0.1, 0.15) is 0 Å². The highest BCUT2D eigenvalue weighted by Crippen LogP contribution is 2.30. The Labute approximate surface area is 123 Å². The van der Waals surface area contributed by atoms with E-state index in [0.29, 0.717) is 0 Å². The zero-order chi connectivity index (χ0) is 13.8. The van der Waals surface area contributed by atoms with E-state index in [9.17, 15) is 0 Å². The SMILES string of the molecule is NCC1CCCCC1CN1CCc2ccccc2CC1. The maximum Gasteiger partial charge on any atom is 0.00222 e. The minimum absolute atomic E-state index is 0.773. The minimum Gasteiger partial charge on any atom is -0.330 e. The molecule has 2 aliphatic rings. The fraction of sp³-hybridized carbons (Fsp3) is 0.667. The van der Waals surface area contributed by atoms with Crippen LogP contribution < -0.4 is 5.73 Å². The van der Waals surface area contributed by atoms with Gasteiger partial charge in [-0.05, 0) is 55.2 Å². The number of rotatable bonds is 3. The fourth-order valence-corrected chi connectivity index (χ4v) is 4.06. The Morgan fingerprint density at radius 1 is 0.950 bits per heavy atom. The smallest absolute Gasteiger partial charge is 0.00222 e. The van der Waals surface area contributed by atoms with Gasteiger partial charge in [-0.1, -0.05) is 37.1 Å². The zero-order valence-corrected chi connectivity index (χ0v) is 12.6. The molecule has 110 valence electrons. The molecule has 0 bridgehead atoms. The van der Waals surface area contributed by atoms with Crippen LogP contribution in [-0.2, 0) is 12.8 Å². The Balaban J connectivity index is 1.59. The van der Waals surface area contributed by atoms with Gasteiger partial charge in [-0.3, -0.25) is 0 Å². The van der Waals surface area contributed by atoms with Gasteiger partial charge in [-0.2, -0.15) is 0 Å². The second-order valence-corrected chi connectivity index (χ2v) is 6.61. The van der Waals surface area contributed by atoms with E-state index in [-0.39, 0.29) is 0 Å². The van der Waals surface area contributed by atoms with Crippen LogP contribution in [0.3, 0.4) is 0 Å². The summed E-state index contributed by atoms with van der Waals surface area (Å²) in [5.41, 5.74) is 9.11. The van der Waals surface area contributed by atoms with Crippen molar-refractivity contribution in [1.82, 2.24) is 4.90 Å². The number of nitrogens with zero attached hydrogens (tertiary/aromatic N) is 1. The Kier molecular flexibility index (Phi) is 4.74. The van der Waals surface area contributed by atoms with Crippen molar-refractivity contribution in [2.75, 3.05) is 26.2 Å². The first-order chi connectivity index (χ1) is 9.86. The third-order valence-electron chi connectivity index (χ3n) is 5.38. The molecule has 0 radical (unpaired) electrons. The third kappa shape index (κ3) is 3.24. The van der Waals surface area contributed by atoms with Gasteiger partial charge in [-0.15, -0.1) is 0 Å². The molecule has 2 unspecified atom stereocenters. The summed E-state index contributed by atoms with van der Waals surface area (Å²) in [6, 6.07) is 8.98. The number of hydrogen-bond acceptors (Lipinski definition) is 2. The number of fused-ring (bicyclic) bond motifs is 1. The molecular formula is C18H28N2. The molecule has 2 heteroatoms. The van der Waals surface area contributed by atoms with E-state index in [4.69, 9.17) is 5.73 Å². The molecule has 1 aromatic carbocycles. The fourth-order valence-electron chi connectivity index (χ4n) is 4.06. The summed E-state index contributed by atoms with van der Waals surface area (Å²) < 4.78 is 0. The first-order valence-corrected chi connectivity index (χ1v) is 8.36. The predicted octanol–water partition coefficient (Wildman–Crippen LogP) is 2.85. The molecule has 0 amide bonds. The number of hydrogen-bond donors (Lipinski definition) is 1. The maximum absolute atomic E-state index is 5.98. The highest BCUT2D eigenvalue weighted by atomic mass is 15.1. The highest BCUT2D eigenvalue weighted by Gasteiger charge is 2.26. The van der Waals surface area contributed by atoms with E-state index in [1.165, 1.54) is 58.2 Å². The van der Waals surface area contributed by atoms with Crippen molar-refractivity contribution >= 4 is 0 Å². The van der Waals surface area contributed by atoms with Crippen LogP contribution in [0.2, 0.25) is 0 Å². The van der Waals surface area contributed by atoms with Crippen LogP contribution >= 0.6 is 0 Å². The lowest BCUT2D eigenvalue weighted by Gasteiger charge is -2.34. The molecule has 0 spiro atoms. The van der Waals surface area contributed by atoms with Gasteiger partial charge in [0, 0.05) is 19.6 Å². The number of nitrogens with two attached hydrogens (primary N) is 1. The second-order valence-electron chi connectivity index (χ2n) is 6.61. The van der Waals surface area contributed by atoms with Crippen molar-refractivity contribution in [3.63, 3.8) is 0 Å². The zero-order valence-electron chi connectivity index (χ0n) is 12.6. The molecule has 1 aliphatic carbocycles. The predicted molar refractivity (Wildman–Crippen MR) is 84.8 cm³/mol. The molecule has 0 aromatic heterocycles. The van der Waals surface area contributed by atoms with E-state index in [0.717, 1.165) is 18.4 Å². The molecular weight excluding hydrogens is 244 g/mol. The molecule has 1 heterocycles. The lowest BCUT2D eigenvalue weighted by Crippen LogP contribution is -2.38. The van der Waals surface area contributed by atoms with Crippen molar-refractivity contribution in [2.24, 2.45) is 17.6 Å². The average Bonchev–Trinajstić information content (AvgIpc) is 2.71. The largest absolute Gasteiger partial charge is 0.330 e. The van der Waals surface area contributed by atoms with E-state index in [2.05, 4.69) is 29.2 Å². The minimum atomic E-state index is 0.773. The molecule has 1 saturated carbocycles. The van der Waals surface area contributed by atoms with E-state index in [1.807, 2.05) is 0 Å². The topological polar surface area (TPSA) is 29.3 Å². The summed E-state index contributed by atoms with van der Waals surface area (Å²) in [5, 5.41) is 0. The van der Waals surface area contributed by atoms with E-state index in [1.54, 1.807) is 11.1 Å². The molecule has 2 nitrogen and oxygen atoms in total. The average molecular weight is 272 g/mol. The summed E-state index contributed by atoms with van der Waals surface area (Å²) in [6.45, 7) is 4.62. The molecule has 2 N–H and O–H groups in total. The van der Waals surface area contributed by atoms with Crippen LogP contribution in [0.15, 0.2) is 24.3 Å². The molecule has 1 aliphatic heterocycles. The lowest BCUT2D eigenvalue weighted by atomic mass is 9.79. The number of benzene rings is 1. The Hall–Kier alpha value is -0.860. The first kappa shape index (κ1) is 14.1. The summed E-state index contributed by atoms with van der Waals surface area (Å²) in [5.74, 6) is 1.62. The molecule has 0 saturated heterocycles. The Bertz CT molecular complexity index is 402. The van der Waals surface area contributed by atoms with Gasteiger partial charge in [0.2, 0.25) is 0 Å². The van der Waals surface area contributed by atoms with Crippen molar-refractivity contribution < 1.29 is 0 Å². The maximum atomic E-state index is 5.98. The van der Waals surface area contributed by atoms with Crippen molar-refractivity contribution in [1.29, 1.82) is 0 Å². The van der Waals surface area contributed by atoms with E-state index >= 15 is 0 Å². The summed E-state index contributed by atoms with van der Waals surface area (Å²) in [7, 11) is 0. The van der Waals surface area contributed by atoms with Crippen LogP contribution in [0, 0.1) is 11.8 Å². The van der Waals surface area contributed by atoms with Crippen LogP contribution in [0.5, 0.6) is 0 Å². The molecule has 3 rings (SSSR count). The third-order valence-corrected chi connectivity index (χ3v) is 5.38. The molecule has 2 atom stereocenters. The van der Waals surface area contributed by atoms with Gasteiger partial charge >= 0.3 is 0 Å². The van der Waals surface area contributed by atoms with Crippen LogP contribution in [0.1, 0.15) is 36.8 Å². The quantitative estimate of drug-likeness (QED) is 0.917. The van der Waals surface area contributed by atoms with Gasteiger partial charge in [0.15, 0.2) is 0 Å². The normalized spacial score (nSPS) is 27.9.